The number of ether oxygens (including phenoxy) is 3. The van der Waals surface area contributed by atoms with E-state index in [0.717, 1.165) is 5.56 Å². The second kappa shape index (κ2) is 7.70. The summed E-state index contributed by atoms with van der Waals surface area (Å²) >= 11 is 0. The third kappa shape index (κ3) is 4.09. The van der Waals surface area contributed by atoms with Gasteiger partial charge in [-0.3, -0.25) is 4.79 Å². The third-order valence-corrected chi connectivity index (χ3v) is 3.70. The normalized spacial score (nSPS) is 11.5. The van der Waals surface area contributed by atoms with Crippen LogP contribution in [0.4, 0.5) is 0 Å². The van der Waals surface area contributed by atoms with Gasteiger partial charge < -0.3 is 19.3 Å². The van der Waals surface area contributed by atoms with Gasteiger partial charge in [0, 0.05) is 5.56 Å². The summed E-state index contributed by atoms with van der Waals surface area (Å²) in [5.41, 5.74) is 1.60. The van der Waals surface area contributed by atoms with Gasteiger partial charge in [-0.15, -0.1) is 0 Å². The van der Waals surface area contributed by atoms with Gasteiger partial charge in [-0.1, -0.05) is 29.8 Å². The first-order chi connectivity index (χ1) is 11.9. The molecule has 0 aliphatic rings. The number of aryl methyl sites for hydroxylation is 1. The Morgan fingerprint density at radius 1 is 0.960 bits per heavy atom. The predicted molar refractivity (Wildman–Crippen MR) is 91.6 cm³/mol. The monoisotopic (exact) mass is 344 g/mol. The van der Waals surface area contributed by atoms with Gasteiger partial charge in [0.05, 0.1) is 19.8 Å². The number of hydrogen-bond acceptors (Lipinski definition) is 6. The summed E-state index contributed by atoms with van der Waals surface area (Å²) in [4.78, 5) is 24.7. The molecule has 1 N–H and O–H groups in total. The van der Waals surface area contributed by atoms with Crippen molar-refractivity contribution in [3.63, 3.8) is 0 Å². The Labute approximate surface area is 146 Å². The van der Waals surface area contributed by atoms with Crippen LogP contribution in [0.3, 0.4) is 0 Å². The topological polar surface area (TPSA) is 82.1 Å². The molecule has 2 aromatic carbocycles. The fourth-order valence-electron chi connectivity index (χ4n) is 2.25. The highest BCUT2D eigenvalue weighted by atomic mass is 16.5. The van der Waals surface area contributed by atoms with Crippen molar-refractivity contribution in [2.24, 2.45) is 0 Å². The van der Waals surface area contributed by atoms with Gasteiger partial charge in [-0.05, 0) is 26.0 Å². The maximum absolute atomic E-state index is 12.4. The molecule has 0 radical (unpaired) electrons. The molecule has 0 heterocycles. The minimum Gasteiger partial charge on any atom is -0.502 e. The number of phenolic OH excluding ortho intramolecular Hbond substituents is 1. The molecule has 0 amide bonds. The van der Waals surface area contributed by atoms with Gasteiger partial charge in [-0.25, -0.2) is 4.79 Å². The molecule has 0 saturated heterocycles. The number of ketones is 1. The summed E-state index contributed by atoms with van der Waals surface area (Å²) in [6.07, 6.45) is -0.957. The Balaban J connectivity index is 2.18. The molecule has 2 aromatic rings. The van der Waals surface area contributed by atoms with Crippen LogP contribution >= 0.6 is 0 Å². The predicted octanol–water partition coefficient (Wildman–Crippen LogP) is 3.15. The molecule has 2 rings (SSSR count). The van der Waals surface area contributed by atoms with Crippen molar-refractivity contribution in [2.45, 2.75) is 20.0 Å². The Bertz CT molecular complexity index is 754. The van der Waals surface area contributed by atoms with E-state index < -0.39 is 12.1 Å². The minimum absolute atomic E-state index is 0.0730. The molecule has 0 saturated carbocycles. The number of phenols is 1. The molecule has 1 atom stereocenters. The van der Waals surface area contributed by atoms with Crippen molar-refractivity contribution in [1.82, 2.24) is 0 Å². The van der Waals surface area contributed by atoms with Crippen LogP contribution in [0, 0.1) is 6.92 Å². The van der Waals surface area contributed by atoms with E-state index >= 15 is 0 Å². The van der Waals surface area contributed by atoms with Crippen molar-refractivity contribution >= 4 is 11.8 Å². The molecule has 132 valence electrons. The quantitative estimate of drug-likeness (QED) is 0.640. The lowest BCUT2D eigenvalue weighted by molar-refractivity contribution is 0.0318. The van der Waals surface area contributed by atoms with Gasteiger partial charge in [0.25, 0.3) is 0 Å². The summed E-state index contributed by atoms with van der Waals surface area (Å²) in [5.74, 6) is -1.09. The lowest BCUT2D eigenvalue weighted by Crippen LogP contribution is -2.24. The summed E-state index contributed by atoms with van der Waals surface area (Å²) in [5, 5.41) is 9.88. The first-order valence-electron chi connectivity index (χ1n) is 7.64. The van der Waals surface area contributed by atoms with E-state index in [0.29, 0.717) is 5.56 Å². The highest BCUT2D eigenvalue weighted by molar-refractivity contribution is 6.01. The SMILES string of the molecule is COc1cc(C(=O)OC(C)C(=O)c2ccc(C)cc2)cc(OC)c1O. The number of hydrogen-bond donors (Lipinski definition) is 1. The number of carbonyl (C=O) groups is 2. The zero-order valence-electron chi connectivity index (χ0n) is 14.5. The average molecular weight is 344 g/mol. The van der Waals surface area contributed by atoms with E-state index in [1.807, 2.05) is 19.1 Å². The number of Topliss-reactive ketones (excluding diaryl/α,β-unsaturated/α-hetero) is 1. The third-order valence-electron chi connectivity index (χ3n) is 3.70. The van der Waals surface area contributed by atoms with Gasteiger partial charge in [0.15, 0.2) is 17.6 Å². The summed E-state index contributed by atoms with van der Waals surface area (Å²) in [7, 11) is 2.71. The second-order valence-corrected chi connectivity index (χ2v) is 5.51. The van der Waals surface area contributed by atoms with Crippen molar-refractivity contribution in [3.8, 4) is 17.2 Å². The second-order valence-electron chi connectivity index (χ2n) is 5.51. The molecule has 0 aromatic heterocycles. The van der Waals surface area contributed by atoms with E-state index in [1.165, 1.54) is 33.3 Å². The number of esters is 1. The molecular weight excluding hydrogens is 324 g/mol. The molecule has 25 heavy (non-hydrogen) atoms. The fraction of sp³-hybridized carbons (Fsp3) is 0.263. The van der Waals surface area contributed by atoms with Crippen LogP contribution < -0.4 is 9.47 Å². The molecule has 6 heteroatoms. The lowest BCUT2D eigenvalue weighted by atomic mass is 10.1. The number of aromatic hydroxyl groups is 1. The van der Waals surface area contributed by atoms with Crippen LogP contribution in [-0.2, 0) is 4.74 Å². The standard InChI is InChI=1S/C19H20O6/c1-11-5-7-13(8-6-11)17(20)12(2)25-19(22)14-9-15(23-3)18(21)16(10-14)24-4/h5-10,12,21H,1-4H3. The average Bonchev–Trinajstić information content (AvgIpc) is 2.61. The van der Waals surface area contributed by atoms with Gasteiger partial charge in [0.2, 0.25) is 11.5 Å². The van der Waals surface area contributed by atoms with E-state index in [-0.39, 0.29) is 28.6 Å². The molecule has 1 unspecified atom stereocenters. The number of rotatable bonds is 6. The summed E-state index contributed by atoms with van der Waals surface area (Å²) in [6, 6.07) is 9.66. The Morgan fingerprint density at radius 2 is 1.48 bits per heavy atom. The summed E-state index contributed by atoms with van der Waals surface area (Å²) in [6.45, 7) is 3.43. The van der Waals surface area contributed by atoms with E-state index in [2.05, 4.69) is 0 Å². The fourth-order valence-corrected chi connectivity index (χ4v) is 2.25. The highest BCUT2D eigenvalue weighted by Gasteiger charge is 2.22. The molecule has 6 nitrogen and oxygen atoms in total. The van der Waals surface area contributed by atoms with Crippen LogP contribution in [0.1, 0.15) is 33.2 Å². The molecule has 0 bridgehead atoms. The van der Waals surface area contributed by atoms with Crippen molar-refractivity contribution in [1.29, 1.82) is 0 Å². The van der Waals surface area contributed by atoms with Crippen LogP contribution in [0.15, 0.2) is 36.4 Å². The highest BCUT2D eigenvalue weighted by Crippen LogP contribution is 2.37. The molecule has 0 fully saturated rings. The largest absolute Gasteiger partial charge is 0.502 e. The van der Waals surface area contributed by atoms with Gasteiger partial charge >= 0.3 is 5.97 Å². The van der Waals surface area contributed by atoms with E-state index in [9.17, 15) is 14.7 Å². The molecule has 0 spiro atoms. The number of methoxy groups -OCH3 is 2. The van der Waals surface area contributed by atoms with Crippen LogP contribution in [-0.4, -0.2) is 37.2 Å². The van der Waals surface area contributed by atoms with Gasteiger partial charge in [-0.2, -0.15) is 0 Å². The van der Waals surface area contributed by atoms with Gasteiger partial charge in [0.1, 0.15) is 0 Å². The summed E-state index contributed by atoms with van der Waals surface area (Å²) < 4.78 is 15.3. The van der Waals surface area contributed by atoms with Crippen LogP contribution in [0.2, 0.25) is 0 Å². The smallest absolute Gasteiger partial charge is 0.339 e. The van der Waals surface area contributed by atoms with Crippen LogP contribution in [0.5, 0.6) is 17.2 Å². The Hall–Kier alpha value is -3.02. The zero-order chi connectivity index (χ0) is 18.6. The zero-order valence-corrected chi connectivity index (χ0v) is 14.5. The van der Waals surface area contributed by atoms with Crippen LogP contribution in [0.25, 0.3) is 0 Å². The number of carbonyl (C=O) groups excluding carboxylic acids is 2. The van der Waals surface area contributed by atoms with E-state index in [1.54, 1.807) is 12.1 Å². The maximum Gasteiger partial charge on any atom is 0.339 e. The lowest BCUT2D eigenvalue weighted by Gasteiger charge is -2.14. The van der Waals surface area contributed by atoms with Crippen molar-refractivity contribution in [2.75, 3.05) is 14.2 Å². The minimum atomic E-state index is -0.957. The first-order valence-corrected chi connectivity index (χ1v) is 7.64. The molecule has 0 aliphatic carbocycles. The Morgan fingerprint density at radius 3 is 1.96 bits per heavy atom. The Kier molecular flexibility index (Phi) is 5.64. The first kappa shape index (κ1) is 18.3. The molecule has 0 aliphatic heterocycles. The van der Waals surface area contributed by atoms with E-state index in [4.69, 9.17) is 14.2 Å². The number of benzene rings is 2. The molecular formula is C19H20O6. The van der Waals surface area contributed by atoms with Crippen molar-refractivity contribution in [3.05, 3.63) is 53.1 Å². The van der Waals surface area contributed by atoms with Crippen molar-refractivity contribution < 1.29 is 28.9 Å². The maximum atomic E-state index is 12.4.